The molecule has 0 saturated carbocycles. The number of halogens is 2. The van der Waals surface area contributed by atoms with Crippen molar-refractivity contribution in [1.29, 1.82) is 0 Å². The van der Waals surface area contributed by atoms with E-state index >= 15 is 0 Å². The van der Waals surface area contributed by atoms with Crippen molar-refractivity contribution in [3.8, 4) is 0 Å². The van der Waals surface area contributed by atoms with E-state index in [1.807, 2.05) is 38.1 Å². The molecule has 1 nitrogen and oxygen atoms in total. The van der Waals surface area contributed by atoms with Crippen LogP contribution in [0.2, 0.25) is 5.02 Å². The minimum atomic E-state index is -0.395. The Kier molecular flexibility index (Phi) is 4.23. The van der Waals surface area contributed by atoms with Gasteiger partial charge >= 0.3 is 0 Å². The summed E-state index contributed by atoms with van der Waals surface area (Å²) in [6, 6.07) is 10.8. The second-order valence-corrected chi connectivity index (χ2v) is 5.27. The van der Waals surface area contributed by atoms with Crippen LogP contribution in [0.4, 0.5) is 4.39 Å². The summed E-state index contributed by atoms with van der Waals surface area (Å²) >= 11 is 5.68. The van der Waals surface area contributed by atoms with Gasteiger partial charge in [-0.1, -0.05) is 35.9 Å². The van der Waals surface area contributed by atoms with Crippen molar-refractivity contribution >= 4 is 11.6 Å². The number of hydrogen-bond donors (Lipinski definition) is 1. The number of benzene rings is 2. The average molecular weight is 278 g/mol. The van der Waals surface area contributed by atoms with Gasteiger partial charge in [-0.05, 0) is 54.7 Å². The predicted octanol–water partition coefficient (Wildman–Crippen LogP) is 4.34. The normalized spacial score (nSPS) is 12.5. The van der Waals surface area contributed by atoms with E-state index in [1.54, 1.807) is 6.07 Å². The van der Waals surface area contributed by atoms with Crippen molar-refractivity contribution < 1.29 is 4.39 Å². The van der Waals surface area contributed by atoms with Gasteiger partial charge in [0, 0.05) is 6.04 Å². The Morgan fingerprint density at radius 2 is 1.79 bits per heavy atom. The van der Waals surface area contributed by atoms with Gasteiger partial charge in [-0.25, -0.2) is 4.39 Å². The minimum absolute atomic E-state index is 0.137. The van der Waals surface area contributed by atoms with E-state index in [2.05, 4.69) is 0 Å². The molecule has 1 unspecified atom stereocenters. The molecule has 0 aliphatic carbocycles. The molecule has 0 radical (unpaired) electrons. The van der Waals surface area contributed by atoms with E-state index in [0.717, 1.165) is 11.1 Å². The van der Waals surface area contributed by atoms with Gasteiger partial charge in [-0.3, -0.25) is 0 Å². The first-order valence-corrected chi connectivity index (χ1v) is 6.62. The second-order valence-electron chi connectivity index (χ2n) is 4.86. The fourth-order valence-electron chi connectivity index (χ4n) is 2.43. The smallest absolute Gasteiger partial charge is 0.142 e. The Morgan fingerprint density at radius 1 is 1.16 bits per heavy atom. The highest BCUT2D eigenvalue weighted by Crippen LogP contribution is 2.24. The van der Waals surface area contributed by atoms with E-state index in [-0.39, 0.29) is 11.1 Å². The van der Waals surface area contributed by atoms with Gasteiger partial charge in [0.15, 0.2) is 0 Å². The van der Waals surface area contributed by atoms with Gasteiger partial charge in [0.1, 0.15) is 5.82 Å². The highest BCUT2D eigenvalue weighted by molar-refractivity contribution is 6.30. The third kappa shape index (κ3) is 3.14. The molecule has 19 heavy (non-hydrogen) atoms. The highest BCUT2D eigenvalue weighted by atomic mass is 35.5. The zero-order valence-electron chi connectivity index (χ0n) is 11.1. The molecule has 2 aromatic carbocycles. The van der Waals surface area contributed by atoms with E-state index in [1.165, 1.54) is 17.2 Å². The molecule has 0 saturated heterocycles. The number of hydrogen-bond acceptors (Lipinski definition) is 1. The van der Waals surface area contributed by atoms with Crippen LogP contribution < -0.4 is 5.73 Å². The molecule has 0 aliphatic heterocycles. The summed E-state index contributed by atoms with van der Waals surface area (Å²) in [5.74, 6) is -0.395. The second kappa shape index (κ2) is 5.72. The first-order chi connectivity index (χ1) is 8.99. The van der Waals surface area contributed by atoms with Crippen molar-refractivity contribution in [2.24, 2.45) is 5.73 Å². The Bertz CT molecular complexity index is 575. The molecule has 2 rings (SSSR count). The molecule has 100 valence electrons. The van der Waals surface area contributed by atoms with Gasteiger partial charge in [-0.2, -0.15) is 0 Å². The molecule has 0 spiro atoms. The zero-order chi connectivity index (χ0) is 14.0. The summed E-state index contributed by atoms with van der Waals surface area (Å²) in [6.07, 6.45) is 0.597. The molecule has 0 bridgehead atoms. The molecule has 0 aliphatic rings. The van der Waals surface area contributed by atoms with E-state index in [0.29, 0.717) is 6.42 Å². The summed E-state index contributed by atoms with van der Waals surface area (Å²) in [5, 5.41) is 0.143. The molecule has 3 heteroatoms. The minimum Gasteiger partial charge on any atom is -0.324 e. The molecule has 0 heterocycles. The third-order valence-corrected chi connectivity index (χ3v) is 3.66. The first kappa shape index (κ1) is 14.0. The molecular weight excluding hydrogens is 261 g/mol. The maximum atomic E-state index is 13.4. The van der Waals surface area contributed by atoms with Gasteiger partial charge in [-0.15, -0.1) is 0 Å². The van der Waals surface area contributed by atoms with Crippen molar-refractivity contribution in [1.82, 2.24) is 0 Å². The van der Waals surface area contributed by atoms with Crippen LogP contribution in [0, 0.1) is 19.7 Å². The predicted molar refractivity (Wildman–Crippen MR) is 78.0 cm³/mol. The lowest BCUT2D eigenvalue weighted by molar-refractivity contribution is 0.622. The summed E-state index contributed by atoms with van der Waals surface area (Å²) in [6.45, 7) is 4.09. The highest BCUT2D eigenvalue weighted by Gasteiger charge is 2.13. The lowest BCUT2D eigenvalue weighted by Gasteiger charge is -2.17. The fraction of sp³-hybridized carbons (Fsp3) is 0.250. The van der Waals surface area contributed by atoms with Crippen LogP contribution in [0.3, 0.4) is 0 Å². The Balaban J connectivity index is 2.25. The number of aryl methyl sites for hydroxylation is 2. The van der Waals surface area contributed by atoms with Gasteiger partial charge in [0.25, 0.3) is 0 Å². The zero-order valence-corrected chi connectivity index (χ0v) is 11.8. The molecule has 0 fully saturated rings. The lowest BCUT2D eigenvalue weighted by Crippen LogP contribution is -2.16. The standard InChI is InChI=1S/C16H17ClFN/c1-10-4-3-5-11(2)16(10)15(19)9-12-6-7-13(17)14(18)8-12/h3-8,15H,9,19H2,1-2H3. The van der Waals surface area contributed by atoms with Crippen molar-refractivity contribution in [2.75, 3.05) is 0 Å². The van der Waals surface area contributed by atoms with Gasteiger partial charge < -0.3 is 5.73 Å². The molecule has 2 N–H and O–H groups in total. The quantitative estimate of drug-likeness (QED) is 0.887. The molecule has 0 aromatic heterocycles. The molecule has 2 aromatic rings. The van der Waals surface area contributed by atoms with Crippen LogP contribution in [0.5, 0.6) is 0 Å². The lowest BCUT2D eigenvalue weighted by atomic mass is 9.92. The molecular formula is C16H17ClFN. The topological polar surface area (TPSA) is 26.0 Å². The summed E-state index contributed by atoms with van der Waals surface area (Å²) in [5.41, 5.74) is 10.6. The van der Waals surface area contributed by atoms with Crippen molar-refractivity contribution in [2.45, 2.75) is 26.3 Å². The van der Waals surface area contributed by atoms with Crippen molar-refractivity contribution in [3.63, 3.8) is 0 Å². The van der Waals surface area contributed by atoms with Gasteiger partial charge in [0.05, 0.1) is 5.02 Å². The van der Waals surface area contributed by atoms with Crippen LogP contribution in [-0.4, -0.2) is 0 Å². The summed E-state index contributed by atoms with van der Waals surface area (Å²) in [7, 11) is 0. The van der Waals surface area contributed by atoms with Crippen LogP contribution in [0.25, 0.3) is 0 Å². The van der Waals surface area contributed by atoms with Crippen LogP contribution in [0.15, 0.2) is 36.4 Å². The average Bonchev–Trinajstić information content (AvgIpc) is 2.33. The van der Waals surface area contributed by atoms with Crippen LogP contribution in [-0.2, 0) is 6.42 Å². The Morgan fingerprint density at radius 3 is 2.37 bits per heavy atom. The fourth-order valence-corrected chi connectivity index (χ4v) is 2.55. The third-order valence-electron chi connectivity index (χ3n) is 3.35. The summed E-state index contributed by atoms with van der Waals surface area (Å²) < 4.78 is 13.4. The largest absolute Gasteiger partial charge is 0.324 e. The van der Waals surface area contributed by atoms with E-state index < -0.39 is 5.82 Å². The van der Waals surface area contributed by atoms with Crippen molar-refractivity contribution in [3.05, 3.63) is 69.5 Å². The first-order valence-electron chi connectivity index (χ1n) is 6.24. The monoisotopic (exact) mass is 277 g/mol. The Labute approximate surface area is 118 Å². The maximum Gasteiger partial charge on any atom is 0.142 e. The molecule has 0 amide bonds. The van der Waals surface area contributed by atoms with Gasteiger partial charge in [0.2, 0.25) is 0 Å². The number of nitrogens with two attached hydrogens (primary N) is 1. The maximum absolute atomic E-state index is 13.4. The molecule has 1 atom stereocenters. The Hall–Kier alpha value is -1.38. The summed E-state index contributed by atoms with van der Waals surface area (Å²) in [4.78, 5) is 0. The van der Waals surface area contributed by atoms with Crippen LogP contribution in [0.1, 0.15) is 28.3 Å². The SMILES string of the molecule is Cc1cccc(C)c1C(N)Cc1ccc(Cl)c(F)c1. The number of rotatable bonds is 3. The van der Waals surface area contributed by atoms with E-state index in [4.69, 9.17) is 17.3 Å². The van der Waals surface area contributed by atoms with Crippen LogP contribution >= 0.6 is 11.6 Å². The van der Waals surface area contributed by atoms with E-state index in [9.17, 15) is 4.39 Å².